The van der Waals surface area contributed by atoms with E-state index in [1.807, 2.05) is 12.1 Å². The predicted molar refractivity (Wildman–Crippen MR) is 80.8 cm³/mol. The maximum atomic E-state index is 10.8. The summed E-state index contributed by atoms with van der Waals surface area (Å²) < 4.78 is 5.60. The number of carboxylic acid groups (broad SMARTS) is 1. The molecule has 0 unspecified atom stereocenters. The number of hydrogen-bond donors (Lipinski definition) is 1. The van der Waals surface area contributed by atoms with Gasteiger partial charge in [-0.3, -0.25) is 0 Å². The van der Waals surface area contributed by atoms with Crippen LogP contribution < -0.4 is 4.74 Å². The molecule has 4 heteroatoms. The van der Waals surface area contributed by atoms with Crippen LogP contribution in [0.2, 0.25) is 0 Å². The molecule has 0 saturated heterocycles. The van der Waals surface area contributed by atoms with E-state index in [0.29, 0.717) is 17.2 Å². The molecule has 0 atom stereocenters. The summed E-state index contributed by atoms with van der Waals surface area (Å²) in [4.78, 5) is 11.1. The molecular weight excluding hydrogens is 272 g/mol. The van der Waals surface area contributed by atoms with Crippen LogP contribution >= 0.6 is 11.3 Å². The Bertz CT molecular complexity index is 591. The molecule has 0 radical (unpaired) electrons. The lowest BCUT2D eigenvalue weighted by Crippen LogP contribution is -2.10. The third-order valence-corrected chi connectivity index (χ3v) is 3.91. The maximum absolute atomic E-state index is 10.8. The summed E-state index contributed by atoms with van der Waals surface area (Å²) >= 11 is 1.17. The van der Waals surface area contributed by atoms with Crippen LogP contribution in [0.15, 0.2) is 35.7 Å². The van der Waals surface area contributed by atoms with Crippen molar-refractivity contribution in [3.8, 4) is 5.75 Å². The summed E-state index contributed by atoms with van der Waals surface area (Å²) in [5.74, 6) is -0.313. The smallest absolute Gasteiger partial charge is 0.346 e. The number of aromatic carboxylic acids is 1. The third-order valence-electron chi connectivity index (χ3n) is 3.01. The second-order valence-electron chi connectivity index (χ2n) is 5.69. The quantitative estimate of drug-likeness (QED) is 0.912. The summed E-state index contributed by atoms with van der Waals surface area (Å²) in [6.07, 6.45) is 0. The Labute approximate surface area is 122 Å². The van der Waals surface area contributed by atoms with Crippen LogP contribution in [0, 0.1) is 0 Å². The molecule has 0 spiro atoms. The van der Waals surface area contributed by atoms with Gasteiger partial charge in [-0.05, 0) is 16.5 Å². The summed E-state index contributed by atoms with van der Waals surface area (Å²) in [6.45, 7) is 6.98. The zero-order valence-electron chi connectivity index (χ0n) is 11.8. The van der Waals surface area contributed by atoms with Crippen molar-refractivity contribution >= 4 is 17.3 Å². The first-order valence-corrected chi connectivity index (χ1v) is 7.28. The standard InChI is InChI=1S/C16H18O3S/c1-16(2,3)12-6-4-11(5-7-12)9-19-13-8-14(15(17)18)20-10-13/h4-8,10H,9H2,1-3H3,(H,17,18). The number of carbonyl (C=O) groups is 1. The number of benzene rings is 1. The van der Waals surface area contributed by atoms with Crippen LogP contribution in [0.4, 0.5) is 0 Å². The first-order chi connectivity index (χ1) is 9.36. The molecule has 2 rings (SSSR count). The summed E-state index contributed by atoms with van der Waals surface area (Å²) in [7, 11) is 0. The number of rotatable bonds is 4. The van der Waals surface area contributed by atoms with Gasteiger partial charge in [-0.15, -0.1) is 11.3 Å². The minimum atomic E-state index is -0.917. The van der Waals surface area contributed by atoms with Gasteiger partial charge >= 0.3 is 5.97 Å². The number of thiophene rings is 1. The molecule has 1 heterocycles. The molecule has 0 aliphatic rings. The highest BCUT2D eigenvalue weighted by molar-refractivity contribution is 7.12. The van der Waals surface area contributed by atoms with Gasteiger partial charge in [0.2, 0.25) is 0 Å². The monoisotopic (exact) mass is 290 g/mol. The Morgan fingerprint density at radius 3 is 2.40 bits per heavy atom. The highest BCUT2D eigenvalue weighted by Crippen LogP contribution is 2.24. The molecule has 106 valence electrons. The number of ether oxygens (including phenoxy) is 1. The van der Waals surface area contributed by atoms with Crippen molar-refractivity contribution in [1.82, 2.24) is 0 Å². The minimum absolute atomic E-state index is 0.142. The molecule has 1 N–H and O–H groups in total. The fourth-order valence-electron chi connectivity index (χ4n) is 1.77. The molecule has 0 aliphatic heterocycles. The molecule has 0 bridgehead atoms. The van der Waals surface area contributed by atoms with E-state index in [1.54, 1.807) is 11.4 Å². The minimum Gasteiger partial charge on any atom is -0.488 e. The average Bonchev–Trinajstić information content (AvgIpc) is 2.85. The van der Waals surface area contributed by atoms with Crippen LogP contribution in [-0.2, 0) is 12.0 Å². The molecule has 2 aromatic rings. The molecule has 1 aromatic heterocycles. The average molecular weight is 290 g/mol. The van der Waals surface area contributed by atoms with E-state index in [9.17, 15) is 4.79 Å². The van der Waals surface area contributed by atoms with E-state index in [2.05, 4.69) is 32.9 Å². The first-order valence-electron chi connectivity index (χ1n) is 6.40. The lowest BCUT2D eigenvalue weighted by Gasteiger charge is -2.19. The SMILES string of the molecule is CC(C)(C)c1ccc(COc2csc(C(=O)O)c2)cc1. The van der Waals surface area contributed by atoms with Gasteiger partial charge in [0, 0.05) is 11.4 Å². The van der Waals surface area contributed by atoms with Crippen molar-refractivity contribution in [2.24, 2.45) is 0 Å². The van der Waals surface area contributed by atoms with E-state index in [0.717, 1.165) is 5.56 Å². The maximum Gasteiger partial charge on any atom is 0.346 e. The highest BCUT2D eigenvalue weighted by atomic mass is 32.1. The fourth-order valence-corrected chi connectivity index (χ4v) is 2.44. The predicted octanol–water partition coefficient (Wildman–Crippen LogP) is 4.32. The van der Waals surface area contributed by atoms with Crippen LogP contribution in [0.1, 0.15) is 41.6 Å². The zero-order chi connectivity index (χ0) is 14.8. The Morgan fingerprint density at radius 2 is 1.90 bits per heavy atom. The van der Waals surface area contributed by atoms with Crippen LogP contribution in [-0.4, -0.2) is 11.1 Å². The van der Waals surface area contributed by atoms with E-state index in [-0.39, 0.29) is 5.41 Å². The molecule has 20 heavy (non-hydrogen) atoms. The van der Waals surface area contributed by atoms with Crippen molar-refractivity contribution in [1.29, 1.82) is 0 Å². The van der Waals surface area contributed by atoms with Crippen LogP contribution in [0.5, 0.6) is 5.75 Å². The Balaban J connectivity index is 1.98. The number of hydrogen-bond acceptors (Lipinski definition) is 3. The topological polar surface area (TPSA) is 46.5 Å². The summed E-state index contributed by atoms with van der Waals surface area (Å²) in [6, 6.07) is 9.86. The molecular formula is C16H18O3S. The van der Waals surface area contributed by atoms with E-state index >= 15 is 0 Å². The lowest BCUT2D eigenvalue weighted by molar-refractivity contribution is 0.0702. The van der Waals surface area contributed by atoms with Gasteiger partial charge in [0.1, 0.15) is 17.2 Å². The number of carboxylic acids is 1. The lowest BCUT2D eigenvalue weighted by atomic mass is 9.87. The van der Waals surface area contributed by atoms with Gasteiger partial charge in [0.25, 0.3) is 0 Å². The van der Waals surface area contributed by atoms with Gasteiger partial charge < -0.3 is 9.84 Å². The largest absolute Gasteiger partial charge is 0.488 e. The van der Waals surface area contributed by atoms with E-state index < -0.39 is 5.97 Å². The Morgan fingerprint density at radius 1 is 1.25 bits per heavy atom. The molecule has 0 aliphatic carbocycles. The molecule has 3 nitrogen and oxygen atoms in total. The van der Waals surface area contributed by atoms with Crippen molar-refractivity contribution in [3.05, 3.63) is 51.7 Å². The van der Waals surface area contributed by atoms with Crippen LogP contribution in [0.25, 0.3) is 0 Å². The molecule has 0 amide bonds. The van der Waals surface area contributed by atoms with E-state index in [1.165, 1.54) is 16.9 Å². The molecule has 0 fully saturated rings. The second-order valence-corrected chi connectivity index (χ2v) is 6.60. The van der Waals surface area contributed by atoms with Crippen molar-refractivity contribution in [3.63, 3.8) is 0 Å². The van der Waals surface area contributed by atoms with Gasteiger partial charge in [-0.2, -0.15) is 0 Å². The van der Waals surface area contributed by atoms with Gasteiger partial charge in [0.15, 0.2) is 0 Å². The van der Waals surface area contributed by atoms with Gasteiger partial charge in [-0.25, -0.2) is 4.79 Å². The highest BCUT2D eigenvalue weighted by Gasteiger charge is 2.13. The zero-order valence-corrected chi connectivity index (χ0v) is 12.7. The normalized spacial score (nSPS) is 11.3. The summed E-state index contributed by atoms with van der Waals surface area (Å²) in [5.41, 5.74) is 2.49. The van der Waals surface area contributed by atoms with Crippen molar-refractivity contribution < 1.29 is 14.6 Å². The van der Waals surface area contributed by atoms with Gasteiger partial charge in [0.05, 0.1) is 0 Å². The summed E-state index contributed by atoms with van der Waals surface area (Å²) in [5, 5.41) is 10.6. The van der Waals surface area contributed by atoms with Crippen LogP contribution in [0.3, 0.4) is 0 Å². The van der Waals surface area contributed by atoms with E-state index in [4.69, 9.17) is 9.84 Å². The molecule has 1 aromatic carbocycles. The third kappa shape index (κ3) is 3.61. The molecule has 0 saturated carbocycles. The fraction of sp³-hybridized carbons (Fsp3) is 0.312. The Hall–Kier alpha value is -1.81. The van der Waals surface area contributed by atoms with Gasteiger partial charge in [-0.1, -0.05) is 45.0 Å². The Kier molecular flexibility index (Phi) is 4.14. The second kappa shape index (κ2) is 5.67. The van der Waals surface area contributed by atoms with Crippen molar-refractivity contribution in [2.75, 3.05) is 0 Å². The van der Waals surface area contributed by atoms with Crippen molar-refractivity contribution in [2.45, 2.75) is 32.8 Å². The first kappa shape index (κ1) is 14.6.